The van der Waals surface area contributed by atoms with E-state index in [0.29, 0.717) is 5.76 Å². The summed E-state index contributed by atoms with van der Waals surface area (Å²) >= 11 is 0. The van der Waals surface area contributed by atoms with E-state index in [1.807, 2.05) is 0 Å². The smallest absolute Gasteiger partial charge is 0.271 e. The predicted molar refractivity (Wildman–Crippen MR) is 96.2 cm³/mol. The fourth-order valence-electron chi connectivity index (χ4n) is 2.81. The lowest BCUT2D eigenvalue weighted by atomic mass is 9.97. The summed E-state index contributed by atoms with van der Waals surface area (Å²) in [6, 6.07) is 9.74. The number of rotatable bonds is 5. The zero-order valence-electron chi connectivity index (χ0n) is 14.6. The minimum absolute atomic E-state index is 0.0315. The Morgan fingerprint density at radius 1 is 1.32 bits per heavy atom. The molecule has 140 valence electrons. The van der Waals surface area contributed by atoms with Crippen LogP contribution in [0.25, 0.3) is 0 Å². The third kappa shape index (κ3) is 3.14. The van der Waals surface area contributed by atoms with Gasteiger partial charge in [-0.25, -0.2) is 0 Å². The van der Waals surface area contributed by atoms with Crippen LogP contribution in [0.4, 0.5) is 5.69 Å². The van der Waals surface area contributed by atoms with Gasteiger partial charge in [0.2, 0.25) is 5.88 Å². The van der Waals surface area contributed by atoms with Crippen LogP contribution in [0.3, 0.4) is 0 Å². The van der Waals surface area contributed by atoms with E-state index in [9.17, 15) is 30.1 Å². The number of hydrogen-bond acceptors (Lipinski definition) is 7. The first-order valence-corrected chi connectivity index (χ1v) is 8.03. The van der Waals surface area contributed by atoms with Gasteiger partial charge in [0, 0.05) is 17.7 Å². The maximum Gasteiger partial charge on any atom is 0.271 e. The van der Waals surface area contributed by atoms with Crippen molar-refractivity contribution in [3.63, 3.8) is 0 Å². The monoisotopic (exact) mass is 379 g/mol. The highest BCUT2D eigenvalue weighted by Gasteiger charge is 2.25. The van der Waals surface area contributed by atoms with Crippen LogP contribution < -0.4 is 5.56 Å². The molecule has 0 aliphatic carbocycles. The number of non-ortho nitro benzene ring substituents is 1. The van der Waals surface area contributed by atoms with E-state index in [-0.39, 0.29) is 34.5 Å². The van der Waals surface area contributed by atoms with Crippen molar-refractivity contribution in [3.05, 3.63) is 91.1 Å². The van der Waals surface area contributed by atoms with E-state index in [4.69, 9.17) is 4.42 Å². The largest absolute Gasteiger partial charge is 0.494 e. The molecule has 3 aromatic rings. The van der Waals surface area contributed by atoms with Gasteiger partial charge in [0.05, 0.1) is 23.3 Å². The van der Waals surface area contributed by atoms with E-state index in [0.717, 1.165) is 16.7 Å². The molecule has 0 unspecified atom stereocenters. The molecule has 0 amide bonds. The molecule has 28 heavy (non-hydrogen) atoms. The average Bonchev–Trinajstić information content (AvgIpc) is 3.19. The highest BCUT2D eigenvalue weighted by Crippen LogP contribution is 2.26. The summed E-state index contributed by atoms with van der Waals surface area (Å²) in [5, 5.41) is 30.8. The topological polar surface area (TPSA) is 139 Å². The number of nitro groups is 1. The summed E-state index contributed by atoms with van der Waals surface area (Å²) in [5.41, 5.74) is -1.36. The van der Waals surface area contributed by atoms with Gasteiger partial charge in [-0.05, 0) is 36.8 Å². The van der Waals surface area contributed by atoms with Gasteiger partial charge in [-0.3, -0.25) is 24.3 Å². The number of benzene rings is 1. The van der Waals surface area contributed by atoms with Gasteiger partial charge in [-0.15, -0.1) is 0 Å². The third-order valence-corrected chi connectivity index (χ3v) is 4.26. The zero-order valence-corrected chi connectivity index (χ0v) is 14.6. The minimum Gasteiger partial charge on any atom is -0.494 e. The van der Waals surface area contributed by atoms with Crippen LogP contribution in [-0.2, 0) is 6.54 Å². The summed E-state index contributed by atoms with van der Waals surface area (Å²) in [6.45, 7) is 1.21. The van der Waals surface area contributed by atoms with Crippen molar-refractivity contribution in [2.45, 2.75) is 13.5 Å². The Kier molecular flexibility index (Phi) is 4.78. The van der Waals surface area contributed by atoms with Gasteiger partial charge in [-0.2, -0.15) is 5.26 Å². The molecule has 1 aromatic carbocycles. The van der Waals surface area contributed by atoms with Crippen LogP contribution in [0.1, 0.15) is 32.8 Å². The number of carbonyl (C=O) groups is 1. The molecule has 0 fully saturated rings. The Balaban J connectivity index is 2.16. The first-order chi connectivity index (χ1) is 13.3. The number of carbonyl (C=O) groups excluding carboxylic acids is 1. The van der Waals surface area contributed by atoms with E-state index >= 15 is 0 Å². The van der Waals surface area contributed by atoms with E-state index in [1.165, 1.54) is 25.3 Å². The molecule has 0 radical (unpaired) electrons. The number of hydrogen-bond donors (Lipinski definition) is 1. The molecule has 9 heteroatoms. The Morgan fingerprint density at radius 2 is 2.00 bits per heavy atom. The lowest BCUT2D eigenvalue weighted by molar-refractivity contribution is -0.384. The average molecular weight is 379 g/mol. The van der Waals surface area contributed by atoms with Crippen molar-refractivity contribution >= 4 is 11.5 Å². The fourth-order valence-corrected chi connectivity index (χ4v) is 2.81. The quantitative estimate of drug-likeness (QED) is 0.408. The van der Waals surface area contributed by atoms with Crippen LogP contribution in [0.5, 0.6) is 5.88 Å². The maximum absolute atomic E-state index is 12.9. The summed E-state index contributed by atoms with van der Waals surface area (Å²) < 4.78 is 6.05. The molecular weight excluding hydrogens is 366 g/mol. The molecule has 0 spiro atoms. The van der Waals surface area contributed by atoms with E-state index < -0.39 is 22.1 Å². The maximum atomic E-state index is 12.9. The van der Waals surface area contributed by atoms with Gasteiger partial charge < -0.3 is 9.52 Å². The van der Waals surface area contributed by atoms with Crippen molar-refractivity contribution in [1.29, 1.82) is 5.26 Å². The van der Waals surface area contributed by atoms with Crippen LogP contribution in [0.2, 0.25) is 0 Å². The summed E-state index contributed by atoms with van der Waals surface area (Å²) in [5.74, 6) is -0.935. The molecule has 0 atom stereocenters. The minimum atomic E-state index is -0.755. The lowest BCUT2D eigenvalue weighted by Crippen LogP contribution is -2.27. The third-order valence-electron chi connectivity index (χ3n) is 4.26. The number of ketones is 1. The second-order valence-electron chi connectivity index (χ2n) is 5.91. The van der Waals surface area contributed by atoms with Crippen LogP contribution >= 0.6 is 0 Å². The number of nitrogens with zero attached hydrogens (tertiary/aromatic N) is 3. The van der Waals surface area contributed by atoms with Crippen LogP contribution in [-0.4, -0.2) is 20.4 Å². The molecular formula is C19H13N3O6. The first kappa shape index (κ1) is 18.6. The molecule has 0 bridgehead atoms. The summed E-state index contributed by atoms with van der Waals surface area (Å²) in [4.78, 5) is 35.6. The molecule has 2 heterocycles. The number of pyridine rings is 1. The molecule has 0 saturated carbocycles. The molecule has 0 aliphatic heterocycles. The Bertz CT molecular complexity index is 1170. The zero-order chi connectivity index (χ0) is 20.4. The van der Waals surface area contributed by atoms with Crippen molar-refractivity contribution in [1.82, 2.24) is 4.57 Å². The predicted octanol–water partition coefficient (Wildman–Crippen LogP) is 2.51. The van der Waals surface area contributed by atoms with Gasteiger partial charge >= 0.3 is 0 Å². The normalized spacial score (nSPS) is 10.4. The Labute approximate surface area is 157 Å². The van der Waals surface area contributed by atoms with Crippen LogP contribution in [0, 0.1) is 28.4 Å². The van der Waals surface area contributed by atoms with Crippen molar-refractivity contribution in [2.24, 2.45) is 0 Å². The number of aromatic hydroxyl groups is 1. The van der Waals surface area contributed by atoms with E-state index in [1.54, 1.807) is 18.2 Å². The summed E-state index contributed by atoms with van der Waals surface area (Å²) in [6.07, 6.45) is 1.39. The number of furan rings is 1. The number of nitro benzene ring substituents is 1. The SMILES string of the molecule is Cc1c(C(=O)c2ccc([N+](=O)[O-])cc2)c(O)n(Cc2ccco2)c(=O)c1C#N. The fraction of sp³-hybridized carbons (Fsp3) is 0.105. The van der Waals surface area contributed by atoms with Crippen LogP contribution in [0.15, 0.2) is 51.9 Å². The van der Waals surface area contributed by atoms with Gasteiger partial charge in [-0.1, -0.05) is 0 Å². The van der Waals surface area contributed by atoms with Crippen molar-refractivity contribution in [2.75, 3.05) is 0 Å². The summed E-state index contributed by atoms with van der Waals surface area (Å²) in [7, 11) is 0. The molecule has 0 saturated heterocycles. The molecule has 3 rings (SSSR count). The van der Waals surface area contributed by atoms with Gasteiger partial charge in [0.15, 0.2) is 5.78 Å². The van der Waals surface area contributed by atoms with Gasteiger partial charge in [0.1, 0.15) is 17.4 Å². The highest BCUT2D eigenvalue weighted by molar-refractivity contribution is 6.11. The van der Waals surface area contributed by atoms with E-state index in [2.05, 4.69) is 0 Å². The molecule has 9 nitrogen and oxygen atoms in total. The molecule has 2 aromatic heterocycles. The second kappa shape index (κ2) is 7.20. The Morgan fingerprint density at radius 3 is 2.54 bits per heavy atom. The Hall–Kier alpha value is -4.19. The standard InChI is InChI=1S/C19H13N3O6/c1-11-15(9-20)18(24)21(10-14-3-2-8-28-14)19(25)16(11)17(23)12-4-6-13(7-5-12)22(26)27/h2-8,25H,10H2,1H3. The highest BCUT2D eigenvalue weighted by atomic mass is 16.6. The number of nitriles is 1. The first-order valence-electron chi connectivity index (χ1n) is 8.03. The van der Waals surface area contributed by atoms with Crippen molar-refractivity contribution < 1.29 is 19.2 Å². The lowest BCUT2D eigenvalue weighted by Gasteiger charge is -2.14. The van der Waals surface area contributed by atoms with Crippen molar-refractivity contribution in [3.8, 4) is 11.9 Å². The van der Waals surface area contributed by atoms with Gasteiger partial charge in [0.25, 0.3) is 11.2 Å². The molecule has 0 aliphatic rings. The molecule has 1 N–H and O–H groups in total. The number of aromatic nitrogens is 1. The second-order valence-corrected chi connectivity index (χ2v) is 5.91.